The molecule has 0 unspecified atom stereocenters. The topological polar surface area (TPSA) is 99.7 Å². The molecule has 2 fully saturated rings. The van der Waals surface area contributed by atoms with Crippen LogP contribution in [-0.4, -0.2) is 57.9 Å². The summed E-state index contributed by atoms with van der Waals surface area (Å²) in [4.78, 5) is 22.4. The summed E-state index contributed by atoms with van der Waals surface area (Å²) in [6, 6.07) is 5.36. The van der Waals surface area contributed by atoms with Gasteiger partial charge in [-0.25, -0.2) is 4.98 Å². The molecular weight excluding hydrogens is 372 g/mol. The number of nitrogens with one attached hydrogen (secondary N) is 2. The molecule has 3 N–H and O–H groups in total. The summed E-state index contributed by atoms with van der Waals surface area (Å²) >= 11 is 0. The highest BCUT2D eigenvalue weighted by Crippen LogP contribution is 2.37. The van der Waals surface area contributed by atoms with Crippen molar-refractivity contribution in [2.45, 2.75) is 38.0 Å². The van der Waals surface area contributed by atoms with Gasteiger partial charge in [-0.2, -0.15) is 0 Å². The summed E-state index contributed by atoms with van der Waals surface area (Å²) in [5, 5.41) is 13.7. The summed E-state index contributed by atoms with van der Waals surface area (Å²) in [5.74, 6) is 3.25. The van der Waals surface area contributed by atoms with Gasteiger partial charge in [-0.1, -0.05) is 6.07 Å². The van der Waals surface area contributed by atoms with Crippen molar-refractivity contribution < 1.29 is 19.4 Å². The number of carbonyl (C=O) groups excluding carboxylic acids is 1. The molecule has 0 spiro atoms. The van der Waals surface area contributed by atoms with Gasteiger partial charge in [0, 0.05) is 25.5 Å². The SMILES string of the molecule is O=C(Cc1ccc2c(c1)OCO2)N[C@H]1C[C@H]2CN(Cc3ncc[nH]3)C[C@H]2C[C@@H]1O. The number of amides is 1. The third-order valence-corrected chi connectivity index (χ3v) is 6.29. The van der Waals surface area contributed by atoms with Crippen LogP contribution in [0.5, 0.6) is 11.5 Å². The van der Waals surface area contributed by atoms with E-state index in [0.717, 1.165) is 43.9 Å². The Morgan fingerprint density at radius 1 is 1.24 bits per heavy atom. The Hall–Kier alpha value is -2.58. The van der Waals surface area contributed by atoms with Gasteiger partial charge in [0.25, 0.3) is 0 Å². The first-order chi connectivity index (χ1) is 14.1. The highest BCUT2D eigenvalue weighted by Gasteiger charge is 2.42. The largest absolute Gasteiger partial charge is 0.454 e. The van der Waals surface area contributed by atoms with Gasteiger partial charge in [0.05, 0.1) is 25.1 Å². The zero-order valence-corrected chi connectivity index (χ0v) is 16.2. The first-order valence-electron chi connectivity index (χ1n) is 10.2. The van der Waals surface area contributed by atoms with Gasteiger partial charge in [-0.3, -0.25) is 9.69 Å². The van der Waals surface area contributed by atoms with Crippen molar-refractivity contribution >= 4 is 5.91 Å². The van der Waals surface area contributed by atoms with Crippen molar-refractivity contribution in [3.05, 3.63) is 42.0 Å². The molecule has 0 radical (unpaired) electrons. The molecule has 29 heavy (non-hydrogen) atoms. The van der Waals surface area contributed by atoms with Gasteiger partial charge < -0.3 is 24.9 Å². The zero-order chi connectivity index (χ0) is 19.8. The maximum absolute atomic E-state index is 12.6. The molecule has 5 rings (SSSR count). The van der Waals surface area contributed by atoms with E-state index in [0.29, 0.717) is 23.3 Å². The van der Waals surface area contributed by atoms with Crippen molar-refractivity contribution in [2.24, 2.45) is 11.8 Å². The van der Waals surface area contributed by atoms with E-state index < -0.39 is 6.10 Å². The minimum absolute atomic E-state index is 0.0724. The third kappa shape index (κ3) is 3.95. The first kappa shape index (κ1) is 18.4. The molecule has 1 aliphatic carbocycles. The highest BCUT2D eigenvalue weighted by molar-refractivity contribution is 5.79. The minimum atomic E-state index is -0.500. The number of likely N-dealkylation sites (tertiary alicyclic amines) is 1. The molecule has 1 amide bonds. The van der Waals surface area contributed by atoms with Gasteiger partial charge in [0.2, 0.25) is 12.7 Å². The fourth-order valence-corrected chi connectivity index (χ4v) is 4.90. The lowest BCUT2D eigenvalue weighted by Gasteiger charge is -2.35. The molecule has 8 nitrogen and oxygen atoms in total. The number of aliphatic hydroxyl groups excluding tert-OH is 1. The number of aliphatic hydroxyl groups is 1. The van der Waals surface area contributed by atoms with Crippen LogP contribution in [-0.2, 0) is 17.8 Å². The lowest BCUT2D eigenvalue weighted by molar-refractivity contribution is -0.122. The quantitative estimate of drug-likeness (QED) is 0.697. The van der Waals surface area contributed by atoms with Crippen LogP contribution in [0.3, 0.4) is 0 Å². The number of carbonyl (C=O) groups is 1. The summed E-state index contributed by atoms with van der Waals surface area (Å²) in [5.41, 5.74) is 0.875. The Labute approximate surface area is 169 Å². The lowest BCUT2D eigenvalue weighted by Crippen LogP contribution is -2.49. The molecule has 8 heteroatoms. The van der Waals surface area contributed by atoms with Crippen molar-refractivity contribution in [1.29, 1.82) is 0 Å². The summed E-state index contributed by atoms with van der Waals surface area (Å²) < 4.78 is 10.7. The third-order valence-electron chi connectivity index (χ3n) is 6.29. The van der Waals surface area contributed by atoms with Crippen molar-refractivity contribution in [3.63, 3.8) is 0 Å². The number of hydrogen-bond donors (Lipinski definition) is 3. The molecule has 3 heterocycles. The Bertz CT molecular complexity index is 872. The predicted octanol–water partition coefficient (Wildman–Crippen LogP) is 1.07. The van der Waals surface area contributed by atoms with E-state index in [9.17, 15) is 9.90 Å². The molecule has 1 aromatic heterocycles. The number of imidazole rings is 1. The van der Waals surface area contributed by atoms with E-state index in [2.05, 4.69) is 20.2 Å². The molecule has 1 aromatic carbocycles. The van der Waals surface area contributed by atoms with Gasteiger partial charge in [0.1, 0.15) is 5.82 Å². The fourth-order valence-electron chi connectivity index (χ4n) is 4.90. The number of ether oxygens (including phenoxy) is 2. The first-order valence-corrected chi connectivity index (χ1v) is 10.2. The van der Waals surface area contributed by atoms with Crippen LogP contribution in [0.4, 0.5) is 0 Å². The number of aromatic amines is 1. The summed E-state index contributed by atoms with van der Waals surface area (Å²) in [6.45, 7) is 2.98. The maximum Gasteiger partial charge on any atom is 0.231 e. The number of aromatic nitrogens is 2. The van der Waals surface area contributed by atoms with Crippen LogP contribution in [0, 0.1) is 11.8 Å². The number of benzene rings is 1. The molecule has 0 bridgehead atoms. The maximum atomic E-state index is 12.6. The Balaban J connectivity index is 1.16. The second kappa shape index (κ2) is 7.68. The Morgan fingerprint density at radius 2 is 2.07 bits per heavy atom. The molecule has 3 aliphatic rings. The van der Waals surface area contributed by atoms with Crippen LogP contribution in [0.25, 0.3) is 0 Å². The van der Waals surface area contributed by atoms with Crippen LogP contribution >= 0.6 is 0 Å². The molecule has 4 atom stereocenters. The van der Waals surface area contributed by atoms with Gasteiger partial charge in [0.15, 0.2) is 11.5 Å². The summed E-state index contributed by atoms with van der Waals surface area (Å²) in [6.07, 6.45) is 4.92. The highest BCUT2D eigenvalue weighted by atomic mass is 16.7. The second-order valence-corrected chi connectivity index (χ2v) is 8.33. The van der Waals surface area contributed by atoms with Gasteiger partial charge in [-0.05, 0) is 42.4 Å². The fraction of sp³-hybridized carbons (Fsp3) is 0.524. The number of hydrogen-bond acceptors (Lipinski definition) is 6. The zero-order valence-electron chi connectivity index (χ0n) is 16.2. The van der Waals surface area contributed by atoms with Gasteiger partial charge >= 0.3 is 0 Å². The predicted molar refractivity (Wildman–Crippen MR) is 104 cm³/mol. The Morgan fingerprint density at radius 3 is 2.90 bits per heavy atom. The molecular formula is C21H26N4O4. The van der Waals surface area contributed by atoms with Crippen LogP contribution < -0.4 is 14.8 Å². The molecule has 2 aliphatic heterocycles. The number of H-pyrrole nitrogens is 1. The average Bonchev–Trinajstić information content (AvgIpc) is 3.42. The van der Waals surface area contributed by atoms with E-state index in [1.165, 1.54) is 0 Å². The summed E-state index contributed by atoms with van der Waals surface area (Å²) in [7, 11) is 0. The van der Waals surface area contributed by atoms with E-state index in [-0.39, 0.29) is 25.2 Å². The number of fused-ring (bicyclic) bond motifs is 2. The monoisotopic (exact) mass is 398 g/mol. The van der Waals surface area contributed by atoms with E-state index in [1.54, 1.807) is 6.20 Å². The standard InChI is InChI=1S/C21H26N4O4/c26-17-8-15-10-25(11-20-22-3-4-23-20)9-14(15)7-16(17)24-21(27)6-13-1-2-18-19(5-13)29-12-28-18/h1-5,14-17,26H,6-12H2,(H,22,23)(H,24,27)/t14-,15+,16-,17-/m0/s1. The molecule has 154 valence electrons. The van der Waals surface area contributed by atoms with Crippen molar-refractivity contribution in [2.75, 3.05) is 19.9 Å². The van der Waals surface area contributed by atoms with Crippen LogP contribution in [0.1, 0.15) is 24.2 Å². The number of nitrogens with zero attached hydrogens (tertiary/aromatic N) is 2. The van der Waals surface area contributed by atoms with Gasteiger partial charge in [-0.15, -0.1) is 0 Å². The minimum Gasteiger partial charge on any atom is -0.454 e. The smallest absolute Gasteiger partial charge is 0.231 e. The molecule has 2 aromatic rings. The molecule has 1 saturated carbocycles. The Kier molecular flexibility index (Phi) is 4.89. The van der Waals surface area contributed by atoms with E-state index >= 15 is 0 Å². The van der Waals surface area contributed by atoms with Crippen LogP contribution in [0.2, 0.25) is 0 Å². The van der Waals surface area contributed by atoms with Crippen molar-refractivity contribution in [3.8, 4) is 11.5 Å². The average molecular weight is 398 g/mol. The van der Waals surface area contributed by atoms with E-state index in [1.807, 2.05) is 24.4 Å². The number of rotatable bonds is 5. The molecule has 1 saturated heterocycles. The van der Waals surface area contributed by atoms with E-state index in [4.69, 9.17) is 9.47 Å². The normalized spacial score (nSPS) is 28.3. The lowest BCUT2D eigenvalue weighted by atomic mass is 9.77. The van der Waals surface area contributed by atoms with Crippen molar-refractivity contribution in [1.82, 2.24) is 20.2 Å². The second-order valence-electron chi connectivity index (χ2n) is 8.33. The van der Waals surface area contributed by atoms with Crippen LogP contribution in [0.15, 0.2) is 30.6 Å².